The average Bonchev–Trinajstić information content (AvgIpc) is 3.45. The summed E-state index contributed by atoms with van der Waals surface area (Å²) in [5.41, 5.74) is 1.34. The second kappa shape index (κ2) is 6.30. The summed E-state index contributed by atoms with van der Waals surface area (Å²) >= 11 is 1.58. The minimum absolute atomic E-state index is 0.0892. The van der Waals surface area contributed by atoms with Crippen LogP contribution in [0, 0.1) is 5.92 Å². The van der Waals surface area contributed by atoms with Gasteiger partial charge in [-0.25, -0.2) is 0 Å². The minimum atomic E-state index is 0.0892. The summed E-state index contributed by atoms with van der Waals surface area (Å²) in [6, 6.07) is 3.02. The highest BCUT2D eigenvalue weighted by molar-refractivity contribution is 7.12. The molecule has 0 radical (unpaired) electrons. The Balaban J connectivity index is 1.28. The Bertz CT molecular complexity index is 535. The van der Waals surface area contributed by atoms with E-state index in [1.54, 1.807) is 11.3 Å². The van der Waals surface area contributed by atoms with Crippen molar-refractivity contribution in [3.05, 3.63) is 21.9 Å². The van der Waals surface area contributed by atoms with E-state index >= 15 is 0 Å². The maximum Gasteiger partial charge on any atom is 0.261 e. The van der Waals surface area contributed by atoms with Crippen LogP contribution in [-0.4, -0.2) is 37.7 Å². The molecule has 120 valence electrons. The molecule has 1 aliphatic heterocycles. The molecule has 2 heterocycles. The Morgan fingerprint density at radius 2 is 2.09 bits per heavy atom. The summed E-state index contributed by atoms with van der Waals surface area (Å²) in [6.45, 7) is 2.70. The van der Waals surface area contributed by atoms with Gasteiger partial charge in [-0.3, -0.25) is 4.79 Å². The molecule has 2 N–H and O–H groups in total. The van der Waals surface area contributed by atoms with E-state index in [1.807, 2.05) is 0 Å². The zero-order chi connectivity index (χ0) is 14.9. The minimum Gasteiger partial charge on any atom is -0.381 e. The molecule has 0 spiro atoms. The smallest absolute Gasteiger partial charge is 0.261 e. The summed E-state index contributed by atoms with van der Waals surface area (Å²) in [6.07, 6.45) is 5.89. The van der Waals surface area contributed by atoms with Crippen LogP contribution in [0.25, 0.3) is 0 Å². The van der Waals surface area contributed by atoms with E-state index in [2.05, 4.69) is 22.1 Å². The third-order valence-corrected chi connectivity index (χ3v) is 5.93. The van der Waals surface area contributed by atoms with Gasteiger partial charge in [-0.1, -0.05) is 0 Å². The zero-order valence-corrected chi connectivity index (χ0v) is 13.7. The van der Waals surface area contributed by atoms with E-state index in [-0.39, 0.29) is 11.9 Å². The van der Waals surface area contributed by atoms with Gasteiger partial charge in [0.05, 0.1) is 4.88 Å². The van der Waals surface area contributed by atoms with Gasteiger partial charge in [-0.15, -0.1) is 11.3 Å². The Hall–Kier alpha value is -0.910. The van der Waals surface area contributed by atoms with Gasteiger partial charge in [-0.05, 0) is 61.6 Å². The maximum absolute atomic E-state index is 12.3. The van der Waals surface area contributed by atoms with Crippen LogP contribution in [-0.2, 0) is 4.74 Å². The van der Waals surface area contributed by atoms with Crippen molar-refractivity contribution in [2.45, 2.75) is 50.1 Å². The van der Waals surface area contributed by atoms with Crippen molar-refractivity contribution in [1.82, 2.24) is 10.6 Å². The lowest BCUT2D eigenvalue weighted by molar-refractivity contribution is 0.0698. The van der Waals surface area contributed by atoms with Crippen LogP contribution in [0.5, 0.6) is 0 Å². The predicted octanol–water partition coefficient (Wildman–Crippen LogP) is 2.51. The van der Waals surface area contributed by atoms with Gasteiger partial charge in [-0.2, -0.15) is 0 Å². The molecule has 2 aliphatic carbocycles. The zero-order valence-electron chi connectivity index (χ0n) is 12.8. The molecule has 1 amide bonds. The molecule has 0 aromatic carbocycles. The highest BCUT2D eigenvalue weighted by Gasteiger charge is 2.39. The first-order valence-electron chi connectivity index (χ1n) is 8.50. The lowest BCUT2D eigenvalue weighted by Crippen LogP contribution is -2.38. The fraction of sp³-hybridized carbons (Fsp3) is 0.706. The second-order valence-electron chi connectivity index (χ2n) is 6.90. The molecule has 1 saturated heterocycles. The third kappa shape index (κ3) is 3.53. The molecule has 2 saturated carbocycles. The van der Waals surface area contributed by atoms with Crippen molar-refractivity contribution < 1.29 is 9.53 Å². The van der Waals surface area contributed by atoms with Crippen LogP contribution in [0.3, 0.4) is 0 Å². The molecule has 2 atom stereocenters. The molecule has 3 aliphatic rings. The SMILES string of the molecule is O=C(NC1CCOCC1)c1cc([C@H]2C[C@@H]2NCC2CC2)cs1. The molecule has 4 rings (SSSR count). The van der Waals surface area contributed by atoms with Gasteiger partial charge in [0.1, 0.15) is 0 Å². The van der Waals surface area contributed by atoms with Crippen LogP contribution < -0.4 is 10.6 Å². The van der Waals surface area contributed by atoms with Crippen molar-refractivity contribution in [3.63, 3.8) is 0 Å². The van der Waals surface area contributed by atoms with Gasteiger partial charge in [0.25, 0.3) is 5.91 Å². The largest absolute Gasteiger partial charge is 0.381 e. The topological polar surface area (TPSA) is 50.4 Å². The van der Waals surface area contributed by atoms with Crippen molar-refractivity contribution >= 4 is 17.2 Å². The number of amides is 1. The molecule has 5 heteroatoms. The maximum atomic E-state index is 12.3. The van der Waals surface area contributed by atoms with Gasteiger partial charge < -0.3 is 15.4 Å². The Morgan fingerprint density at radius 3 is 2.86 bits per heavy atom. The van der Waals surface area contributed by atoms with E-state index in [1.165, 1.54) is 31.4 Å². The summed E-state index contributed by atoms with van der Waals surface area (Å²) in [5, 5.41) is 8.97. The normalized spacial score (nSPS) is 28.5. The monoisotopic (exact) mass is 320 g/mol. The predicted molar refractivity (Wildman–Crippen MR) is 87.5 cm³/mol. The second-order valence-corrected chi connectivity index (χ2v) is 7.82. The number of carbonyl (C=O) groups excluding carboxylic acids is 1. The summed E-state index contributed by atoms with van der Waals surface area (Å²) < 4.78 is 5.33. The first-order valence-corrected chi connectivity index (χ1v) is 9.38. The fourth-order valence-corrected chi connectivity index (χ4v) is 4.07. The number of thiophene rings is 1. The number of nitrogens with one attached hydrogen (secondary N) is 2. The van der Waals surface area contributed by atoms with Gasteiger partial charge in [0.2, 0.25) is 0 Å². The molecule has 0 bridgehead atoms. The van der Waals surface area contributed by atoms with E-state index < -0.39 is 0 Å². The van der Waals surface area contributed by atoms with Gasteiger partial charge in [0, 0.05) is 31.2 Å². The number of rotatable bonds is 6. The summed E-state index contributed by atoms with van der Waals surface area (Å²) in [7, 11) is 0. The first kappa shape index (κ1) is 14.7. The lowest BCUT2D eigenvalue weighted by atomic mass is 10.1. The Morgan fingerprint density at radius 1 is 1.27 bits per heavy atom. The number of hydrogen-bond acceptors (Lipinski definition) is 4. The van der Waals surface area contributed by atoms with Crippen molar-refractivity contribution in [2.24, 2.45) is 5.92 Å². The third-order valence-electron chi connectivity index (χ3n) is 4.98. The molecule has 0 unspecified atom stereocenters. The molecule has 3 fully saturated rings. The van der Waals surface area contributed by atoms with Crippen LogP contribution in [0.4, 0.5) is 0 Å². The molecule has 1 aromatic rings. The summed E-state index contributed by atoms with van der Waals surface area (Å²) in [4.78, 5) is 13.2. The van der Waals surface area contributed by atoms with Crippen molar-refractivity contribution in [2.75, 3.05) is 19.8 Å². The highest BCUT2D eigenvalue weighted by atomic mass is 32.1. The summed E-state index contributed by atoms with van der Waals surface area (Å²) in [5.74, 6) is 1.65. The van der Waals surface area contributed by atoms with Crippen molar-refractivity contribution in [3.8, 4) is 0 Å². The average molecular weight is 320 g/mol. The Labute approximate surface area is 135 Å². The Kier molecular flexibility index (Phi) is 4.20. The quantitative estimate of drug-likeness (QED) is 0.847. The number of carbonyl (C=O) groups is 1. The van der Waals surface area contributed by atoms with E-state index in [4.69, 9.17) is 4.74 Å². The van der Waals surface area contributed by atoms with Crippen LogP contribution in [0.15, 0.2) is 11.4 Å². The fourth-order valence-electron chi connectivity index (χ4n) is 3.19. The number of hydrogen-bond donors (Lipinski definition) is 2. The molecule has 1 aromatic heterocycles. The first-order chi connectivity index (χ1) is 10.8. The number of ether oxygens (including phenoxy) is 1. The molecular formula is C17H24N2O2S. The highest BCUT2D eigenvalue weighted by Crippen LogP contribution is 2.43. The van der Waals surface area contributed by atoms with Crippen LogP contribution in [0.1, 0.15) is 53.3 Å². The van der Waals surface area contributed by atoms with E-state index in [9.17, 15) is 4.79 Å². The standard InChI is InChI=1S/C17H24N2O2S/c20-17(19-13-3-5-21-6-4-13)16-7-12(10-22-16)14-8-15(14)18-9-11-1-2-11/h7,10-11,13-15,18H,1-6,8-9H2,(H,19,20)/t14-,15+/m1/s1. The van der Waals surface area contributed by atoms with Crippen molar-refractivity contribution in [1.29, 1.82) is 0 Å². The lowest BCUT2D eigenvalue weighted by Gasteiger charge is -2.22. The van der Waals surface area contributed by atoms with Gasteiger partial charge >= 0.3 is 0 Å². The van der Waals surface area contributed by atoms with E-state index in [0.29, 0.717) is 12.0 Å². The van der Waals surface area contributed by atoms with Crippen LogP contribution in [0.2, 0.25) is 0 Å². The molecule has 4 nitrogen and oxygen atoms in total. The van der Waals surface area contributed by atoms with E-state index in [0.717, 1.165) is 36.9 Å². The van der Waals surface area contributed by atoms with Crippen LogP contribution >= 0.6 is 11.3 Å². The molecule has 22 heavy (non-hydrogen) atoms. The molecular weight excluding hydrogens is 296 g/mol. The van der Waals surface area contributed by atoms with Gasteiger partial charge in [0.15, 0.2) is 0 Å².